The average Bonchev–Trinajstić information content (AvgIpc) is 3.15. The molecule has 1 amide bonds. The molecule has 0 unspecified atom stereocenters. The second-order valence-corrected chi connectivity index (χ2v) is 15.6. The molecule has 0 spiro atoms. The number of hydrogen-bond donors (Lipinski definition) is 6. The topological polar surface area (TPSA) is 130 Å². The van der Waals surface area contributed by atoms with E-state index in [2.05, 4.69) is 31.0 Å². The fourth-order valence-corrected chi connectivity index (χ4v) is 6.99. The van der Waals surface area contributed by atoms with Gasteiger partial charge in [0.25, 0.3) is 0 Å². The Hall–Kier alpha value is -1.25. The molecule has 0 rings (SSSR count). The van der Waals surface area contributed by atoms with Gasteiger partial charge >= 0.3 is 0 Å². The van der Waals surface area contributed by atoms with Gasteiger partial charge in [0.1, 0.15) is 18.3 Å². The van der Waals surface area contributed by atoms with Crippen LogP contribution in [-0.2, 0) is 4.79 Å². The minimum atomic E-state index is -1.53. The van der Waals surface area contributed by atoms with E-state index in [-0.39, 0.29) is 0 Å². The number of amides is 1. The summed E-state index contributed by atoms with van der Waals surface area (Å²) in [6, 6.07) is -1.16. The van der Waals surface area contributed by atoms with E-state index >= 15 is 0 Å². The Morgan fingerprint density at radius 1 is 0.519 bits per heavy atom. The van der Waals surface area contributed by atoms with E-state index in [0.29, 0.717) is 19.3 Å². The van der Waals surface area contributed by atoms with Crippen molar-refractivity contribution in [2.24, 2.45) is 0 Å². The minimum absolute atomic E-state index is 0.306. The van der Waals surface area contributed by atoms with E-state index < -0.39 is 43.0 Å². The first-order valence-electron chi connectivity index (χ1n) is 22.3. The maximum atomic E-state index is 12.5. The maximum absolute atomic E-state index is 12.5. The zero-order valence-electron chi connectivity index (χ0n) is 34.0. The third kappa shape index (κ3) is 32.2. The fourth-order valence-electron chi connectivity index (χ4n) is 6.99. The lowest BCUT2D eigenvalue weighted by atomic mass is 9.96. The largest absolute Gasteiger partial charge is 0.394 e. The van der Waals surface area contributed by atoms with Crippen LogP contribution in [0.2, 0.25) is 0 Å². The number of allylic oxidation sites excluding steroid dienone is 3. The van der Waals surface area contributed by atoms with Crippen molar-refractivity contribution in [2.45, 2.75) is 249 Å². The average molecular weight is 738 g/mol. The van der Waals surface area contributed by atoms with E-state index in [0.717, 1.165) is 57.8 Å². The van der Waals surface area contributed by atoms with Crippen LogP contribution in [0.15, 0.2) is 24.8 Å². The Balaban J connectivity index is 3.83. The van der Waals surface area contributed by atoms with Crippen LogP contribution in [0, 0.1) is 0 Å². The first-order chi connectivity index (χ1) is 25.4. The lowest BCUT2D eigenvalue weighted by Crippen LogP contribution is -2.55. The van der Waals surface area contributed by atoms with E-state index in [1.165, 1.54) is 135 Å². The number of rotatable bonds is 41. The van der Waals surface area contributed by atoms with Gasteiger partial charge in [-0.25, -0.2) is 0 Å². The summed E-state index contributed by atoms with van der Waals surface area (Å²) in [4.78, 5) is 12.5. The van der Waals surface area contributed by atoms with Gasteiger partial charge in [0.05, 0.1) is 18.8 Å². The number of hydrogen-bond acceptors (Lipinski definition) is 6. The third-order valence-electron chi connectivity index (χ3n) is 10.6. The molecule has 0 aliphatic carbocycles. The Kier molecular flexibility index (Phi) is 38.5. The summed E-state index contributed by atoms with van der Waals surface area (Å²) in [5.41, 5.74) is 0. The van der Waals surface area contributed by atoms with Crippen LogP contribution in [0.5, 0.6) is 0 Å². The molecule has 7 nitrogen and oxygen atoms in total. The molecule has 5 atom stereocenters. The van der Waals surface area contributed by atoms with Gasteiger partial charge < -0.3 is 30.8 Å². The predicted molar refractivity (Wildman–Crippen MR) is 220 cm³/mol. The normalized spacial score (nSPS) is 14.7. The lowest BCUT2D eigenvalue weighted by Gasteiger charge is -2.29. The SMILES string of the molecule is C=CCCCCCCCCCCCC=CCCCCCCC[C@@H](O)C(=O)N[C@@H](CO)[C@H](O)[C@H](O)[C@H](O)CCCCCCCCCCCCCCCC. The van der Waals surface area contributed by atoms with Crippen molar-refractivity contribution in [1.82, 2.24) is 5.32 Å². The van der Waals surface area contributed by atoms with Crippen molar-refractivity contribution in [2.75, 3.05) is 6.61 Å². The van der Waals surface area contributed by atoms with Gasteiger partial charge in [-0.15, -0.1) is 6.58 Å². The van der Waals surface area contributed by atoms with Gasteiger partial charge in [-0.3, -0.25) is 4.79 Å². The van der Waals surface area contributed by atoms with E-state index in [1.807, 2.05) is 6.08 Å². The van der Waals surface area contributed by atoms with Crippen LogP contribution in [0.4, 0.5) is 0 Å². The molecule has 0 radical (unpaired) electrons. The Morgan fingerprint density at radius 3 is 1.29 bits per heavy atom. The van der Waals surface area contributed by atoms with Crippen molar-refractivity contribution >= 4 is 5.91 Å². The number of aliphatic hydroxyl groups is 5. The number of carbonyl (C=O) groups excluding carboxylic acids is 1. The molecule has 0 bridgehead atoms. The molecule has 0 saturated heterocycles. The molecule has 0 aromatic rings. The minimum Gasteiger partial charge on any atom is -0.394 e. The molecule has 7 heteroatoms. The Labute approximate surface area is 321 Å². The maximum Gasteiger partial charge on any atom is 0.249 e. The second-order valence-electron chi connectivity index (χ2n) is 15.6. The molecule has 52 heavy (non-hydrogen) atoms. The molecule has 0 aromatic heterocycles. The number of unbranched alkanes of at least 4 members (excludes halogenated alkanes) is 28. The summed E-state index contributed by atoms with van der Waals surface area (Å²) in [5, 5.41) is 54.1. The van der Waals surface area contributed by atoms with Gasteiger partial charge in [0.15, 0.2) is 0 Å². The van der Waals surface area contributed by atoms with Crippen molar-refractivity contribution in [1.29, 1.82) is 0 Å². The zero-order chi connectivity index (χ0) is 38.3. The third-order valence-corrected chi connectivity index (χ3v) is 10.6. The van der Waals surface area contributed by atoms with Crippen molar-refractivity contribution in [3.8, 4) is 0 Å². The smallest absolute Gasteiger partial charge is 0.249 e. The summed E-state index contributed by atoms with van der Waals surface area (Å²) in [6.45, 7) is 5.43. The highest BCUT2D eigenvalue weighted by molar-refractivity contribution is 5.80. The lowest BCUT2D eigenvalue weighted by molar-refractivity contribution is -0.134. The molecule has 0 fully saturated rings. The first kappa shape index (κ1) is 50.8. The predicted octanol–water partition coefficient (Wildman–Crippen LogP) is 10.5. The van der Waals surface area contributed by atoms with Gasteiger partial charge in [-0.05, 0) is 51.4 Å². The van der Waals surface area contributed by atoms with Crippen LogP contribution >= 0.6 is 0 Å². The summed E-state index contributed by atoms with van der Waals surface area (Å²) >= 11 is 0. The number of nitrogens with one attached hydrogen (secondary N) is 1. The molecule has 0 aliphatic rings. The van der Waals surface area contributed by atoms with Crippen molar-refractivity contribution in [3.63, 3.8) is 0 Å². The second kappa shape index (κ2) is 39.4. The van der Waals surface area contributed by atoms with Gasteiger partial charge in [-0.2, -0.15) is 0 Å². The van der Waals surface area contributed by atoms with Gasteiger partial charge in [0, 0.05) is 0 Å². The van der Waals surface area contributed by atoms with Crippen LogP contribution in [-0.4, -0.2) is 68.5 Å². The summed E-state index contributed by atoms with van der Waals surface area (Å²) in [7, 11) is 0. The molecule has 0 aromatic carbocycles. The van der Waals surface area contributed by atoms with Crippen LogP contribution in [0.25, 0.3) is 0 Å². The fraction of sp³-hybridized carbons (Fsp3) is 0.889. The van der Waals surface area contributed by atoms with E-state index in [4.69, 9.17) is 0 Å². The monoisotopic (exact) mass is 738 g/mol. The van der Waals surface area contributed by atoms with Gasteiger partial charge in [0.2, 0.25) is 5.91 Å². The van der Waals surface area contributed by atoms with Crippen LogP contribution in [0.3, 0.4) is 0 Å². The summed E-state index contributed by atoms with van der Waals surface area (Å²) in [5.74, 6) is -0.674. The highest BCUT2D eigenvalue weighted by Gasteiger charge is 2.32. The molecule has 0 heterocycles. The summed E-state index contributed by atoms with van der Waals surface area (Å²) in [6.07, 6.45) is 39.6. The Bertz CT molecular complexity index is 792. The number of aliphatic hydroxyl groups excluding tert-OH is 5. The molecule has 308 valence electrons. The Morgan fingerprint density at radius 2 is 0.885 bits per heavy atom. The van der Waals surface area contributed by atoms with Crippen LogP contribution < -0.4 is 5.32 Å². The van der Waals surface area contributed by atoms with Crippen molar-refractivity contribution in [3.05, 3.63) is 24.8 Å². The molecular weight excluding hydrogens is 650 g/mol. The van der Waals surface area contributed by atoms with Crippen molar-refractivity contribution < 1.29 is 30.3 Å². The number of carbonyl (C=O) groups is 1. The van der Waals surface area contributed by atoms with Gasteiger partial charge in [-0.1, -0.05) is 186 Å². The molecule has 6 N–H and O–H groups in total. The molecular formula is C45H87NO6. The molecule has 0 saturated carbocycles. The first-order valence-corrected chi connectivity index (χ1v) is 22.3. The highest BCUT2D eigenvalue weighted by Crippen LogP contribution is 2.17. The van der Waals surface area contributed by atoms with Crippen LogP contribution in [0.1, 0.15) is 219 Å². The zero-order valence-corrected chi connectivity index (χ0v) is 34.0. The van der Waals surface area contributed by atoms with E-state index in [9.17, 15) is 30.3 Å². The molecule has 0 aliphatic heterocycles. The quantitative estimate of drug-likeness (QED) is 0.0274. The standard InChI is InChI=1S/C45H87NO6/c1-3-5-7-9-11-13-15-17-19-20-21-22-23-24-26-28-30-32-34-36-38-42(49)45(52)46-40(39-47)43(50)44(51)41(48)37-35-33-31-29-27-25-18-16-14-12-10-8-6-4-2/h3,23-24,40-44,47-51H,1,4-22,25-39H2,2H3,(H,46,52)/t40-,41+,42+,43-,44+/m0/s1. The van der Waals surface area contributed by atoms with E-state index in [1.54, 1.807) is 0 Å². The highest BCUT2D eigenvalue weighted by atomic mass is 16.4. The summed E-state index contributed by atoms with van der Waals surface area (Å²) < 4.78 is 0.